The first-order chi connectivity index (χ1) is 7.90. The molecule has 16 heavy (non-hydrogen) atoms. The summed E-state index contributed by atoms with van der Waals surface area (Å²) >= 11 is 4.25. The third-order valence-corrected chi connectivity index (χ3v) is 2.14. The Hall–Kier alpha value is -0.657. The van der Waals surface area contributed by atoms with E-state index in [9.17, 15) is 0 Å². The van der Waals surface area contributed by atoms with Crippen molar-refractivity contribution in [3.63, 3.8) is 0 Å². The van der Waals surface area contributed by atoms with Gasteiger partial charge in [-0.05, 0) is 17.7 Å². The summed E-state index contributed by atoms with van der Waals surface area (Å²) in [4.78, 5) is 0. The van der Waals surface area contributed by atoms with E-state index in [-0.39, 0.29) is 0 Å². The molecule has 0 atom stereocenters. The summed E-state index contributed by atoms with van der Waals surface area (Å²) in [7, 11) is 1.67. The SMILES string of the molecule is COc1ccc(-c2cc[c-]cc2)cc1.[Zn+][Br]. The molecule has 0 heterocycles. The van der Waals surface area contributed by atoms with Crippen LogP contribution >= 0.6 is 13.6 Å². The van der Waals surface area contributed by atoms with E-state index in [0.717, 1.165) is 5.75 Å². The summed E-state index contributed by atoms with van der Waals surface area (Å²) < 4.78 is 5.10. The van der Waals surface area contributed by atoms with Crippen molar-refractivity contribution in [3.05, 3.63) is 54.6 Å². The van der Waals surface area contributed by atoms with Crippen LogP contribution in [-0.2, 0) is 16.3 Å². The molecular formula is C13H11BrOZn. The Balaban J connectivity index is 0.000000606. The average molecular weight is 329 g/mol. The molecule has 0 radical (unpaired) electrons. The van der Waals surface area contributed by atoms with E-state index in [4.69, 9.17) is 4.74 Å². The number of halogens is 1. The molecule has 0 N–H and O–H groups in total. The molecule has 1 nitrogen and oxygen atoms in total. The van der Waals surface area contributed by atoms with Crippen molar-refractivity contribution in [1.82, 2.24) is 0 Å². The molecule has 0 amide bonds. The summed E-state index contributed by atoms with van der Waals surface area (Å²) in [6.07, 6.45) is 0. The molecule has 0 aliphatic carbocycles. The van der Waals surface area contributed by atoms with Gasteiger partial charge in [-0.2, -0.15) is 30.3 Å². The zero-order valence-corrected chi connectivity index (χ0v) is 13.7. The van der Waals surface area contributed by atoms with Crippen LogP contribution in [0.15, 0.2) is 48.5 Å². The molecule has 0 unspecified atom stereocenters. The molecule has 0 fully saturated rings. The number of hydrogen-bond donors (Lipinski definition) is 0. The Morgan fingerprint density at radius 3 is 1.94 bits per heavy atom. The predicted octanol–water partition coefficient (Wildman–Crippen LogP) is 4.01. The van der Waals surface area contributed by atoms with Crippen molar-refractivity contribution >= 4 is 13.6 Å². The first kappa shape index (κ1) is 13.4. The summed E-state index contributed by atoms with van der Waals surface area (Å²) in [6.45, 7) is 0. The Kier molecular flexibility index (Phi) is 6.36. The maximum absolute atomic E-state index is 5.10. The first-order valence-electron chi connectivity index (χ1n) is 4.77. The van der Waals surface area contributed by atoms with E-state index in [2.05, 4.69) is 19.7 Å². The van der Waals surface area contributed by atoms with Crippen LogP contribution in [0.4, 0.5) is 0 Å². The van der Waals surface area contributed by atoms with Gasteiger partial charge >= 0.3 is 30.0 Å². The number of hydrogen-bond acceptors (Lipinski definition) is 1. The molecule has 78 valence electrons. The minimum absolute atomic E-state index is 0.885. The number of ether oxygens (including phenoxy) is 1. The fourth-order valence-electron chi connectivity index (χ4n) is 1.36. The van der Waals surface area contributed by atoms with E-state index in [0.29, 0.717) is 0 Å². The average Bonchev–Trinajstić information content (AvgIpc) is 2.42. The van der Waals surface area contributed by atoms with Gasteiger partial charge < -0.3 is 4.74 Å². The van der Waals surface area contributed by atoms with E-state index in [1.165, 1.54) is 27.5 Å². The van der Waals surface area contributed by atoms with Gasteiger partial charge in [-0.1, -0.05) is 12.1 Å². The van der Waals surface area contributed by atoms with E-state index in [1.54, 1.807) is 7.11 Å². The van der Waals surface area contributed by atoms with Crippen LogP contribution in [0.5, 0.6) is 5.75 Å². The van der Waals surface area contributed by atoms with Gasteiger partial charge in [0.15, 0.2) is 0 Å². The second kappa shape index (κ2) is 7.59. The van der Waals surface area contributed by atoms with Crippen LogP contribution in [-0.4, -0.2) is 7.11 Å². The van der Waals surface area contributed by atoms with Gasteiger partial charge in [-0.25, -0.2) is 0 Å². The number of methoxy groups -OCH3 is 1. The van der Waals surface area contributed by atoms with Gasteiger partial charge in [0.1, 0.15) is 5.75 Å². The zero-order chi connectivity index (χ0) is 11.8. The molecule has 2 aromatic carbocycles. The molecule has 0 aliphatic rings. The first-order valence-corrected chi connectivity index (χ1v) is 11.7. The second-order valence-corrected chi connectivity index (χ2v) is 3.02. The van der Waals surface area contributed by atoms with Crippen molar-refractivity contribution in [2.45, 2.75) is 0 Å². The standard InChI is InChI=1S/C13H11O.BrH.Zn/c1-14-13-9-7-12(8-10-13)11-5-3-2-4-6-11;;/h3-10H,1H3;1H;/q-1;;+2/p-1. The summed E-state index contributed by atoms with van der Waals surface area (Å²) in [5, 5.41) is 0. The zero-order valence-electron chi connectivity index (χ0n) is 9.11. The molecule has 0 bridgehead atoms. The second-order valence-electron chi connectivity index (χ2n) is 3.02. The van der Waals surface area contributed by atoms with Gasteiger partial charge in [-0.3, -0.25) is 0 Å². The fraction of sp³-hybridized carbons (Fsp3) is 0.0769. The van der Waals surface area contributed by atoms with Crippen molar-refractivity contribution in [2.24, 2.45) is 0 Å². The number of rotatable bonds is 2. The van der Waals surface area contributed by atoms with Gasteiger partial charge in [0.05, 0.1) is 7.11 Å². The quantitative estimate of drug-likeness (QED) is 0.598. The topological polar surface area (TPSA) is 9.23 Å². The maximum atomic E-state index is 5.10. The van der Waals surface area contributed by atoms with Crippen LogP contribution in [0.1, 0.15) is 0 Å². The van der Waals surface area contributed by atoms with Crippen molar-refractivity contribution < 1.29 is 21.1 Å². The van der Waals surface area contributed by atoms with Crippen LogP contribution in [0, 0.1) is 6.07 Å². The van der Waals surface area contributed by atoms with Crippen molar-refractivity contribution in [3.8, 4) is 16.9 Å². The third kappa shape index (κ3) is 3.73. The molecule has 0 saturated carbocycles. The van der Waals surface area contributed by atoms with Crippen molar-refractivity contribution in [2.75, 3.05) is 7.11 Å². The fourth-order valence-corrected chi connectivity index (χ4v) is 1.36. The molecule has 0 spiro atoms. The van der Waals surface area contributed by atoms with Crippen LogP contribution in [0.3, 0.4) is 0 Å². The monoisotopic (exact) mass is 326 g/mol. The summed E-state index contributed by atoms with van der Waals surface area (Å²) in [5.74, 6) is 0.885. The molecule has 0 aromatic heterocycles. The predicted molar refractivity (Wildman–Crippen MR) is 66.2 cm³/mol. The van der Waals surface area contributed by atoms with E-state index >= 15 is 0 Å². The van der Waals surface area contributed by atoms with E-state index < -0.39 is 0 Å². The molecule has 0 saturated heterocycles. The van der Waals surface area contributed by atoms with Gasteiger partial charge in [0.25, 0.3) is 0 Å². The molecule has 2 rings (SSSR count). The minimum atomic E-state index is 0.885. The summed E-state index contributed by atoms with van der Waals surface area (Å²) in [6, 6.07) is 18.9. The van der Waals surface area contributed by atoms with Crippen molar-refractivity contribution in [1.29, 1.82) is 0 Å². The van der Waals surface area contributed by atoms with Gasteiger partial charge in [0, 0.05) is 0 Å². The Morgan fingerprint density at radius 2 is 1.44 bits per heavy atom. The van der Waals surface area contributed by atoms with E-state index in [1.807, 2.05) is 48.5 Å². The molecule has 0 aliphatic heterocycles. The normalized spacial score (nSPS) is 9.00. The van der Waals surface area contributed by atoms with Gasteiger partial charge in [-0.15, -0.1) is 5.56 Å². The molecule has 3 heteroatoms. The Morgan fingerprint density at radius 1 is 0.938 bits per heavy atom. The van der Waals surface area contributed by atoms with Crippen LogP contribution < -0.4 is 4.74 Å². The Bertz CT molecular complexity index is 400. The third-order valence-electron chi connectivity index (χ3n) is 2.14. The number of benzene rings is 2. The van der Waals surface area contributed by atoms with Gasteiger partial charge in [0.2, 0.25) is 0 Å². The Labute approximate surface area is 113 Å². The molecule has 2 aromatic rings. The van der Waals surface area contributed by atoms with Crippen LogP contribution in [0.25, 0.3) is 11.1 Å². The summed E-state index contributed by atoms with van der Waals surface area (Å²) in [5.41, 5.74) is 2.39. The molecular weight excluding hydrogens is 317 g/mol. The van der Waals surface area contributed by atoms with Crippen LogP contribution in [0.2, 0.25) is 0 Å².